The van der Waals surface area contributed by atoms with Crippen molar-refractivity contribution >= 4 is 17.0 Å². The smallest absolute Gasteiger partial charge is 0.0366 e. The molecule has 0 aliphatic carbocycles. The highest BCUT2D eigenvalue weighted by Crippen LogP contribution is 2.19. The van der Waals surface area contributed by atoms with Crippen molar-refractivity contribution in [1.82, 2.24) is 0 Å². The summed E-state index contributed by atoms with van der Waals surface area (Å²) in [5.74, 6) is 0. The zero-order chi connectivity index (χ0) is 13.7. The number of rotatable bonds is 6. The normalized spacial score (nSPS) is 10.7. The Balaban J connectivity index is 1.98. The van der Waals surface area contributed by atoms with Gasteiger partial charge in [0, 0.05) is 24.2 Å². The third-order valence-electron chi connectivity index (χ3n) is 3.45. The van der Waals surface area contributed by atoms with Crippen LogP contribution >= 0.6 is 11.3 Å². The Labute approximate surface area is 119 Å². The van der Waals surface area contributed by atoms with E-state index in [4.69, 9.17) is 5.73 Å². The van der Waals surface area contributed by atoms with Gasteiger partial charge in [-0.05, 0) is 61.0 Å². The quantitative estimate of drug-likeness (QED) is 0.876. The third kappa shape index (κ3) is 3.82. The van der Waals surface area contributed by atoms with Gasteiger partial charge in [-0.2, -0.15) is 0 Å². The molecule has 0 fully saturated rings. The first-order valence-corrected chi connectivity index (χ1v) is 7.62. The lowest BCUT2D eigenvalue weighted by molar-refractivity contribution is 0.884. The van der Waals surface area contributed by atoms with E-state index in [0.29, 0.717) is 6.54 Å². The topological polar surface area (TPSA) is 29.3 Å². The highest BCUT2D eigenvalue weighted by molar-refractivity contribution is 7.09. The molecule has 0 aliphatic rings. The zero-order valence-electron chi connectivity index (χ0n) is 11.7. The molecule has 2 N–H and O–H groups in total. The molecule has 2 rings (SSSR count). The minimum Gasteiger partial charge on any atom is -0.374 e. The Morgan fingerprint density at radius 1 is 1.21 bits per heavy atom. The van der Waals surface area contributed by atoms with Gasteiger partial charge in [0.1, 0.15) is 0 Å². The average Bonchev–Trinajstić information content (AvgIpc) is 2.91. The zero-order valence-corrected chi connectivity index (χ0v) is 12.5. The molecule has 1 aromatic heterocycles. The van der Waals surface area contributed by atoms with Crippen molar-refractivity contribution in [3.8, 4) is 0 Å². The molecule has 0 aliphatic heterocycles. The van der Waals surface area contributed by atoms with E-state index < -0.39 is 0 Å². The molecule has 2 nitrogen and oxygen atoms in total. The van der Waals surface area contributed by atoms with Gasteiger partial charge in [0.15, 0.2) is 0 Å². The lowest BCUT2D eigenvalue weighted by atomic mass is 10.0. The average molecular weight is 274 g/mol. The van der Waals surface area contributed by atoms with Crippen molar-refractivity contribution < 1.29 is 0 Å². The molecule has 0 atom stereocenters. The van der Waals surface area contributed by atoms with E-state index in [1.54, 1.807) is 0 Å². The molecule has 1 aromatic carbocycles. The van der Waals surface area contributed by atoms with Gasteiger partial charge in [-0.25, -0.2) is 0 Å². The number of likely N-dealkylation sites (N-methyl/N-ethyl adjacent to an activating group) is 1. The van der Waals surface area contributed by atoms with Crippen molar-refractivity contribution in [2.75, 3.05) is 25.0 Å². The van der Waals surface area contributed by atoms with E-state index in [1.807, 2.05) is 11.3 Å². The molecule has 19 heavy (non-hydrogen) atoms. The van der Waals surface area contributed by atoms with Crippen LogP contribution in [0, 0.1) is 6.92 Å². The summed E-state index contributed by atoms with van der Waals surface area (Å²) in [4.78, 5) is 3.77. The molecule has 2 aromatic rings. The van der Waals surface area contributed by atoms with Crippen LogP contribution in [0.4, 0.5) is 5.69 Å². The largest absolute Gasteiger partial charge is 0.374 e. The van der Waals surface area contributed by atoms with Crippen molar-refractivity contribution in [2.45, 2.75) is 19.8 Å². The number of aryl methyl sites for hydroxylation is 1. The fraction of sp³-hybridized carbons (Fsp3) is 0.375. The molecule has 0 amide bonds. The first-order chi connectivity index (χ1) is 9.20. The maximum absolute atomic E-state index is 5.62. The number of benzene rings is 1. The summed E-state index contributed by atoms with van der Waals surface area (Å²) in [5.41, 5.74) is 9.60. The highest BCUT2D eigenvalue weighted by Gasteiger charge is 2.04. The Kier molecular flexibility index (Phi) is 5.00. The first kappa shape index (κ1) is 14.1. The lowest BCUT2D eigenvalue weighted by Gasteiger charge is -2.20. The van der Waals surface area contributed by atoms with Crippen LogP contribution < -0.4 is 10.6 Å². The van der Waals surface area contributed by atoms with Gasteiger partial charge in [0.2, 0.25) is 0 Å². The van der Waals surface area contributed by atoms with Crippen molar-refractivity contribution in [3.63, 3.8) is 0 Å². The number of thiophene rings is 1. The van der Waals surface area contributed by atoms with E-state index in [9.17, 15) is 0 Å². The Morgan fingerprint density at radius 3 is 2.68 bits per heavy atom. The Hall–Kier alpha value is -1.32. The number of anilines is 1. The summed E-state index contributed by atoms with van der Waals surface area (Å²) in [6.07, 6.45) is 2.07. The van der Waals surface area contributed by atoms with E-state index in [-0.39, 0.29) is 0 Å². The number of hydrogen-bond donors (Lipinski definition) is 1. The predicted molar refractivity (Wildman–Crippen MR) is 85.2 cm³/mol. The van der Waals surface area contributed by atoms with E-state index in [1.165, 1.54) is 21.7 Å². The molecule has 3 heteroatoms. The molecular weight excluding hydrogens is 252 g/mol. The molecule has 0 spiro atoms. The molecule has 0 radical (unpaired) electrons. The first-order valence-electron chi connectivity index (χ1n) is 6.74. The standard InChI is InChI=1S/C16H22N2S/c1-13-12-15(6-5-14(13)7-9-17)18(2)10-8-16-4-3-11-19-16/h3-6,11-12H,7-10,17H2,1-2H3. The third-order valence-corrected chi connectivity index (χ3v) is 4.39. The number of hydrogen-bond acceptors (Lipinski definition) is 3. The van der Waals surface area contributed by atoms with Crippen LogP contribution in [-0.2, 0) is 12.8 Å². The summed E-state index contributed by atoms with van der Waals surface area (Å²) >= 11 is 1.83. The van der Waals surface area contributed by atoms with Gasteiger partial charge in [-0.1, -0.05) is 12.1 Å². The van der Waals surface area contributed by atoms with Gasteiger partial charge in [-0.3, -0.25) is 0 Å². The SMILES string of the molecule is Cc1cc(N(C)CCc2cccs2)ccc1CCN. The molecule has 0 saturated heterocycles. The molecule has 102 valence electrons. The summed E-state index contributed by atoms with van der Waals surface area (Å²) in [7, 11) is 2.16. The van der Waals surface area contributed by atoms with E-state index in [0.717, 1.165) is 19.4 Å². The maximum Gasteiger partial charge on any atom is 0.0366 e. The fourth-order valence-electron chi connectivity index (χ4n) is 2.22. The highest BCUT2D eigenvalue weighted by atomic mass is 32.1. The monoisotopic (exact) mass is 274 g/mol. The summed E-state index contributed by atoms with van der Waals surface area (Å²) < 4.78 is 0. The van der Waals surface area contributed by atoms with Gasteiger partial charge in [0.05, 0.1) is 0 Å². The van der Waals surface area contributed by atoms with Crippen molar-refractivity contribution in [3.05, 3.63) is 51.7 Å². The van der Waals surface area contributed by atoms with E-state index in [2.05, 4.69) is 54.6 Å². The van der Waals surface area contributed by atoms with Crippen LogP contribution in [0.5, 0.6) is 0 Å². The summed E-state index contributed by atoms with van der Waals surface area (Å²) in [5, 5.41) is 2.14. The van der Waals surface area contributed by atoms with Crippen LogP contribution in [0.2, 0.25) is 0 Å². The molecular formula is C16H22N2S. The van der Waals surface area contributed by atoms with Crippen LogP contribution in [0.1, 0.15) is 16.0 Å². The Morgan fingerprint density at radius 2 is 2.05 bits per heavy atom. The van der Waals surface area contributed by atoms with Crippen molar-refractivity contribution in [2.24, 2.45) is 5.73 Å². The predicted octanol–water partition coefficient (Wildman–Crippen LogP) is 3.24. The lowest BCUT2D eigenvalue weighted by Crippen LogP contribution is -2.20. The number of nitrogens with two attached hydrogens (primary N) is 1. The van der Waals surface area contributed by atoms with Crippen LogP contribution in [-0.4, -0.2) is 20.1 Å². The maximum atomic E-state index is 5.62. The number of nitrogens with zero attached hydrogens (tertiary/aromatic N) is 1. The second kappa shape index (κ2) is 6.73. The minimum absolute atomic E-state index is 0.717. The molecule has 0 bridgehead atoms. The fourth-order valence-corrected chi connectivity index (χ4v) is 2.91. The second-order valence-electron chi connectivity index (χ2n) is 4.90. The summed E-state index contributed by atoms with van der Waals surface area (Å²) in [6, 6.07) is 11.0. The van der Waals surface area contributed by atoms with Gasteiger partial charge in [-0.15, -0.1) is 11.3 Å². The molecule has 0 saturated carbocycles. The molecule has 1 heterocycles. The summed E-state index contributed by atoms with van der Waals surface area (Å²) in [6.45, 7) is 3.94. The Bertz CT molecular complexity index is 505. The van der Waals surface area contributed by atoms with Crippen LogP contribution in [0.3, 0.4) is 0 Å². The van der Waals surface area contributed by atoms with Crippen LogP contribution in [0.25, 0.3) is 0 Å². The van der Waals surface area contributed by atoms with Crippen LogP contribution in [0.15, 0.2) is 35.7 Å². The second-order valence-corrected chi connectivity index (χ2v) is 5.93. The van der Waals surface area contributed by atoms with Crippen molar-refractivity contribution in [1.29, 1.82) is 0 Å². The van der Waals surface area contributed by atoms with E-state index >= 15 is 0 Å². The minimum atomic E-state index is 0.717. The van der Waals surface area contributed by atoms with Gasteiger partial charge >= 0.3 is 0 Å². The molecule has 0 unspecified atom stereocenters. The van der Waals surface area contributed by atoms with Gasteiger partial charge < -0.3 is 10.6 Å². The van der Waals surface area contributed by atoms with Gasteiger partial charge in [0.25, 0.3) is 0 Å².